The van der Waals surface area contributed by atoms with E-state index in [1.54, 1.807) is 43.3 Å². The number of hydrogen-bond donors (Lipinski definition) is 3. The van der Waals surface area contributed by atoms with Crippen molar-refractivity contribution in [1.82, 2.24) is 15.5 Å². The van der Waals surface area contributed by atoms with Crippen LogP contribution < -0.4 is 16.4 Å². The van der Waals surface area contributed by atoms with Crippen LogP contribution in [0.2, 0.25) is 0 Å². The first kappa shape index (κ1) is 27.2. The number of carbonyl (C=O) groups is 2. The van der Waals surface area contributed by atoms with Crippen LogP contribution in [-0.2, 0) is 24.1 Å². The van der Waals surface area contributed by atoms with Crippen molar-refractivity contribution in [1.29, 1.82) is 0 Å². The van der Waals surface area contributed by atoms with E-state index in [9.17, 15) is 22.8 Å². The maximum absolute atomic E-state index is 12.7. The van der Waals surface area contributed by atoms with Gasteiger partial charge in [0.15, 0.2) is 5.96 Å². The number of primary amides is 1. The summed E-state index contributed by atoms with van der Waals surface area (Å²) >= 11 is 0. The number of aliphatic imine (C=N–C) groups is 1. The number of benzene rings is 2. The van der Waals surface area contributed by atoms with Gasteiger partial charge in [0.1, 0.15) is 0 Å². The fraction of sp³-hybridized carbons (Fsp3) is 0.286. The Hall–Kier alpha value is -2.83. The summed E-state index contributed by atoms with van der Waals surface area (Å²) in [6, 6.07) is 11.8. The number of halogens is 4. The Morgan fingerprint density at radius 1 is 1.00 bits per heavy atom. The lowest BCUT2D eigenvalue weighted by Gasteiger charge is -2.22. The van der Waals surface area contributed by atoms with Gasteiger partial charge in [-0.3, -0.25) is 14.6 Å². The molecule has 11 heteroatoms. The lowest BCUT2D eigenvalue weighted by atomic mass is 10.1. The molecule has 0 atom stereocenters. The van der Waals surface area contributed by atoms with Crippen molar-refractivity contribution in [3.63, 3.8) is 0 Å². The lowest BCUT2D eigenvalue weighted by molar-refractivity contribution is -0.137. The predicted molar refractivity (Wildman–Crippen MR) is 126 cm³/mol. The molecule has 32 heavy (non-hydrogen) atoms. The van der Waals surface area contributed by atoms with Gasteiger partial charge < -0.3 is 21.3 Å². The minimum Gasteiger partial charge on any atom is -0.368 e. The van der Waals surface area contributed by atoms with Crippen molar-refractivity contribution >= 4 is 41.8 Å². The van der Waals surface area contributed by atoms with Gasteiger partial charge >= 0.3 is 6.18 Å². The molecule has 0 aliphatic carbocycles. The maximum atomic E-state index is 12.7. The largest absolute Gasteiger partial charge is 0.416 e. The Kier molecular flexibility index (Phi) is 10.4. The van der Waals surface area contributed by atoms with Crippen molar-refractivity contribution in [3.8, 4) is 0 Å². The summed E-state index contributed by atoms with van der Waals surface area (Å²) in [5.74, 6) is -0.463. The summed E-state index contributed by atoms with van der Waals surface area (Å²) in [6.45, 7) is 0.563. The van der Waals surface area contributed by atoms with Crippen molar-refractivity contribution < 1.29 is 22.8 Å². The Morgan fingerprint density at radius 3 is 2.06 bits per heavy atom. The molecule has 0 spiro atoms. The van der Waals surface area contributed by atoms with Crippen molar-refractivity contribution in [3.05, 3.63) is 70.8 Å². The highest BCUT2D eigenvalue weighted by Crippen LogP contribution is 2.29. The fourth-order valence-corrected chi connectivity index (χ4v) is 2.76. The molecule has 0 aliphatic rings. The van der Waals surface area contributed by atoms with E-state index in [4.69, 9.17) is 5.73 Å². The molecular formula is C21H25F3IN5O2. The van der Waals surface area contributed by atoms with Crippen LogP contribution in [0.15, 0.2) is 53.5 Å². The first-order chi connectivity index (χ1) is 14.6. The first-order valence-corrected chi connectivity index (χ1v) is 9.33. The van der Waals surface area contributed by atoms with Crippen LogP contribution in [0.5, 0.6) is 0 Å². The number of hydrogen-bond acceptors (Lipinski definition) is 3. The van der Waals surface area contributed by atoms with Gasteiger partial charge in [0, 0.05) is 32.7 Å². The molecule has 0 aromatic heterocycles. The highest BCUT2D eigenvalue weighted by atomic mass is 127. The zero-order chi connectivity index (χ0) is 23.0. The molecule has 2 amide bonds. The molecule has 174 valence electrons. The summed E-state index contributed by atoms with van der Waals surface area (Å²) in [5, 5.41) is 5.57. The minimum atomic E-state index is -4.36. The second-order valence-corrected chi connectivity index (χ2v) is 6.80. The number of nitrogens with one attached hydrogen (secondary N) is 2. The lowest BCUT2D eigenvalue weighted by Crippen LogP contribution is -2.38. The van der Waals surface area contributed by atoms with Crippen LogP contribution >= 0.6 is 24.0 Å². The molecule has 0 aliphatic heterocycles. The summed E-state index contributed by atoms with van der Waals surface area (Å²) in [4.78, 5) is 28.6. The van der Waals surface area contributed by atoms with Crippen LogP contribution in [0.1, 0.15) is 27.0 Å². The summed E-state index contributed by atoms with van der Waals surface area (Å²) in [5.41, 5.74) is 6.31. The van der Waals surface area contributed by atoms with Crippen molar-refractivity contribution in [2.75, 3.05) is 20.6 Å². The van der Waals surface area contributed by atoms with Gasteiger partial charge in [-0.15, -0.1) is 24.0 Å². The van der Waals surface area contributed by atoms with Gasteiger partial charge in [0.05, 0.1) is 12.1 Å². The molecule has 0 unspecified atom stereocenters. The second-order valence-electron chi connectivity index (χ2n) is 6.80. The standard InChI is InChI=1S/C21H24F3N5O2.HI/c1-26-20(29(2)13-15-5-9-17(10-6-15)21(22,23)24)28-11-14-3-7-16(8-4-14)19(31)27-12-18(25)30;/h3-10H,11-13H2,1-2H3,(H2,25,30)(H,26,28)(H,27,31);1H. The average molecular weight is 563 g/mol. The number of nitrogens with two attached hydrogens (primary N) is 1. The molecule has 2 aromatic rings. The molecule has 0 heterocycles. The fourth-order valence-electron chi connectivity index (χ4n) is 2.76. The quantitative estimate of drug-likeness (QED) is 0.274. The van der Waals surface area contributed by atoms with Gasteiger partial charge in [-0.1, -0.05) is 24.3 Å². The number of alkyl halides is 3. The average Bonchev–Trinajstić information content (AvgIpc) is 2.72. The normalized spacial score (nSPS) is 11.3. The number of guanidine groups is 1. The summed E-state index contributed by atoms with van der Waals surface area (Å²) in [6.07, 6.45) is -4.36. The van der Waals surface area contributed by atoms with Crippen LogP contribution in [0.3, 0.4) is 0 Å². The zero-order valence-electron chi connectivity index (χ0n) is 17.6. The smallest absolute Gasteiger partial charge is 0.368 e. The summed E-state index contributed by atoms with van der Waals surface area (Å²) in [7, 11) is 3.39. The van der Waals surface area contributed by atoms with Gasteiger partial charge in [0.25, 0.3) is 5.91 Å². The van der Waals surface area contributed by atoms with Gasteiger partial charge in [-0.25, -0.2) is 0 Å². The number of rotatable bonds is 7. The van der Waals surface area contributed by atoms with Gasteiger partial charge in [0.2, 0.25) is 5.91 Å². The molecule has 2 aromatic carbocycles. The molecule has 0 saturated carbocycles. The van der Waals surface area contributed by atoms with E-state index in [0.29, 0.717) is 30.2 Å². The van der Waals surface area contributed by atoms with Crippen LogP contribution in [0.4, 0.5) is 13.2 Å². The van der Waals surface area contributed by atoms with E-state index in [2.05, 4.69) is 15.6 Å². The molecule has 2 rings (SSSR count). The molecule has 0 fully saturated rings. The maximum Gasteiger partial charge on any atom is 0.416 e. The van der Waals surface area contributed by atoms with E-state index in [-0.39, 0.29) is 30.5 Å². The van der Waals surface area contributed by atoms with Crippen molar-refractivity contribution in [2.45, 2.75) is 19.3 Å². The predicted octanol–water partition coefficient (Wildman–Crippen LogP) is 2.75. The third-order valence-corrected chi connectivity index (χ3v) is 4.36. The second kappa shape index (κ2) is 12.3. The zero-order valence-corrected chi connectivity index (χ0v) is 19.9. The number of nitrogens with zero attached hydrogens (tertiary/aromatic N) is 2. The number of amides is 2. The van der Waals surface area contributed by atoms with E-state index in [1.807, 2.05) is 0 Å². The summed E-state index contributed by atoms with van der Waals surface area (Å²) < 4.78 is 38.1. The van der Waals surface area contributed by atoms with Crippen molar-refractivity contribution in [2.24, 2.45) is 10.7 Å². The van der Waals surface area contributed by atoms with Crippen LogP contribution in [-0.4, -0.2) is 43.3 Å². The number of carbonyl (C=O) groups excluding carboxylic acids is 2. The topological polar surface area (TPSA) is 99.8 Å². The van der Waals surface area contributed by atoms with Gasteiger partial charge in [-0.05, 0) is 35.4 Å². The van der Waals surface area contributed by atoms with Gasteiger partial charge in [-0.2, -0.15) is 13.2 Å². The Bertz CT molecular complexity index is 932. The van der Waals surface area contributed by atoms with E-state index >= 15 is 0 Å². The Morgan fingerprint density at radius 2 is 1.56 bits per heavy atom. The van der Waals surface area contributed by atoms with E-state index < -0.39 is 23.6 Å². The molecule has 4 N–H and O–H groups in total. The third kappa shape index (κ3) is 8.36. The van der Waals surface area contributed by atoms with Crippen LogP contribution in [0, 0.1) is 0 Å². The highest BCUT2D eigenvalue weighted by molar-refractivity contribution is 14.0. The van der Waals surface area contributed by atoms with E-state index in [0.717, 1.165) is 17.7 Å². The minimum absolute atomic E-state index is 0. The third-order valence-electron chi connectivity index (χ3n) is 4.36. The molecular weight excluding hydrogens is 538 g/mol. The van der Waals surface area contributed by atoms with E-state index in [1.165, 1.54) is 12.1 Å². The monoisotopic (exact) mass is 563 g/mol. The molecule has 0 radical (unpaired) electrons. The molecule has 7 nitrogen and oxygen atoms in total. The SMILES string of the molecule is CN=C(NCc1ccc(C(=O)NCC(N)=O)cc1)N(C)Cc1ccc(C(F)(F)F)cc1.I. The van der Waals surface area contributed by atoms with Crippen LogP contribution in [0.25, 0.3) is 0 Å². The Labute approximate surface area is 201 Å². The molecule has 0 saturated heterocycles. The first-order valence-electron chi connectivity index (χ1n) is 9.33. The molecule has 0 bridgehead atoms. The Balaban J connectivity index is 0.00000512. The highest BCUT2D eigenvalue weighted by Gasteiger charge is 2.29.